The number of nitrogens with zero attached hydrogens (tertiary/aromatic N) is 1. The zero-order valence-electron chi connectivity index (χ0n) is 21.5. The molecular weight excluding hydrogens is 421 g/mol. The molecule has 1 fully saturated rings. The van der Waals surface area contributed by atoms with Crippen LogP contribution in [0, 0.1) is 0 Å². The van der Waals surface area contributed by atoms with E-state index in [9.17, 15) is 0 Å². The third-order valence-electron chi connectivity index (χ3n) is 7.76. The van der Waals surface area contributed by atoms with Crippen LogP contribution in [0.3, 0.4) is 0 Å². The lowest BCUT2D eigenvalue weighted by Gasteiger charge is -2.32. The van der Waals surface area contributed by atoms with Gasteiger partial charge in [-0.3, -0.25) is 0 Å². The van der Waals surface area contributed by atoms with E-state index in [4.69, 9.17) is 9.31 Å². The first-order valence-electron chi connectivity index (χ1n) is 12.2. The van der Waals surface area contributed by atoms with Gasteiger partial charge in [0.15, 0.2) is 0 Å². The van der Waals surface area contributed by atoms with Gasteiger partial charge in [0.1, 0.15) is 8.07 Å². The fourth-order valence-electron chi connectivity index (χ4n) is 4.93. The first kappa shape index (κ1) is 24.1. The van der Waals surface area contributed by atoms with Crippen molar-refractivity contribution in [2.75, 3.05) is 0 Å². The van der Waals surface area contributed by atoms with Crippen LogP contribution in [0.1, 0.15) is 53.0 Å². The average Bonchev–Trinajstić information content (AvgIpc) is 3.23. The molecule has 0 atom stereocenters. The smallest absolute Gasteiger partial charge is 0.399 e. The van der Waals surface area contributed by atoms with Crippen molar-refractivity contribution in [3.8, 4) is 0 Å². The molecule has 0 bridgehead atoms. The van der Waals surface area contributed by atoms with Crippen LogP contribution < -0.4 is 5.19 Å². The number of allylic oxidation sites excluding steroid dienone is 1. The zero-order chi connectivity index (χ0) is 24.0. The van der Waals surface area contributed by atoms with E-state index in [1.54, 1.807) is 0 Å². The average molecular weight is 460 g/mol. The molecule has 0 unspecified atom stereocenters. The Morgan fingerprint density at radius 2 is 1.58 bits per heavy atom. The van der Waals surface area contributed by atoms with E-state index >= 15 is 0 Å². The van der Waals surface area contributed by atoms with Crippen LogP contribution in [0.15, 0.2) is 66.0 Å². The van der Waals surface area contributed by atoms with Gasteiger partial charge in [-0.15, -0.1) is 0 Å². The molecule has 0 radical (unpaired) electrons. The number of aryl methyl sites for hydroxylation is 1. The number of aromatic nitrogens is 1. The first-order chi connectivity index (χ1) is 15.5. The van der Waals surface area contributed by atoms with Crippen molar-refractivity contribution < 1.29 is 9.31 Å². The summed E-state index contributed by atoms with van der Waals surface area (Å²) >= 11 is 0. The highest BCUT2D eigenvalue weighted by Gasteiger charge is 2.53. The number of hydrogen-bond donors (Lipinski definition) is 0. The van der Waals surface area contributed by atoms with Crippen molar-refractivity contribution >= 4 is 36.8 Å². The summed E-state index contributed by atoms with van der Waals surface area (Å²) < 4.78 is 15.6. The molecule has 3 aromatic rings. The fraction of sp³-hybridized carbons (Fsp3) is 0.429. The summed E-state index contributed by atoms with van der Waals surface area (Å²) in [5.74, 6) is 0. The molecule has 2 aromatic carbocycles. The molecule has 1 aliphatic rings. The van der Waals surface area contributed by atoms with Gasteiger partial charge in [0.05, 0.1) is 11.2 Å². The fourth-order valence-corrected chi connectivity index (χ4v) is 8.11. The molecule has 5 heteroatoms. The van der Waals surface area contributed by atoms with Gasteiger partial charge in [-0.25, -0.2) is 0 Å². The second kappa shape index (κ2) is 8.61. The van der Waals surface area contributed by atoms with Crippen molar-refractivity contribution in [2.24, 2.45) is 7.05 Å². The summed E-state index contributed by atoms with van der Waals surface area (Å²) in [7, 11) is -0.267. The molecule has 0 aliphatic carbocycles. The molecule has 0 saturated carbocycles. The second-order valence-electron chi connectivity index (χ2n) is 10.9. The van der Waals surface area contributed by atoms with Gasteiger partial charge < -0.3 is 13.9 Å². The Labute approximate surface area is 201 Å². The maximum atomic E-state index is 6.69. The molecule has 1 saturated heterocycles. The van der Waals surface area contributed by atoms with Crippen molar-refractivity contribution in [2.45, 2.75) is 71.8 Å². The largest absolute Gasteiger partial charge is 0.495 e. The minimum atomic E-state index is -1.98. The predicted molar refractivity (Wildman–Crippen MR) is 144 cm³/mol. The predicted octanol–water partition coefficient (Wildman–Crippen LogP) is 6.52. The van der Waals surface area contributed by atoms with Gasteiger partial charge in [-0.1, -0.05) is 73.2 Å². The van der Waals surface area contributed by atoms with Gasteiger partial charge in [-0.2, -0.15) is 0 Å². The van der Waals surface area contributed by atoms with E-state index in [0.29, 0.717) is 0 Å². The normalized spacial score (nSPS) is 18.6. The van der Waals surface area contributed by atoms with E-state index < -0.39 is 8.07 Å². The van der Waals surface area contributed by atoms with E-state index in [1.807, 2.05) is 0 Å². The third kappa shape index (κ3) is 4.27. The van der Waals surface area contributed by atoms with Gasteiger partial charge in [0, 0.05) is 24.1 Å². The maximum absolute atomic E-state index is 6.69. The molecule has 4 rings (SSSR count). The zero-order valence-corrected chi connectivity index (χ0v) is 22.5. The third-order valence-corrected chi connectivity index (χ3v) is 11.6. The number of hydrogen-bond acceptors (Lipinski definition) is 2. The highest BCUT2D eigenvalue weighted by Crippen LogP contribution is 2.43. The first-order valence-corrected chi connectivity index (χ1v) is 15.2. The number of rotatable bonds is 6. The van der Waals surface area contributed by atoms with Gasteiger partial charge in [-0.05, 0) is 63.4 Å². The van der Waals surface area contributed by atoms with E-state index in [0.717, 1.165) is 12.8 Å². The molecule has 3 nitrogen and oxygen atoms in total. The Balaban J connectivity index is 1.97. The number of benzene rings is 2. The van der Waals surface area contributed by atoms with Crippen molar-refractivity contribution in [1.82, 2.24) is 4.57 Å². The van der Waals surface area contributed by atoms with Crippen LogP contribution in [-0.4, -0.2) is 31.0 Å². The Morgan fingerprint density at radius 1 is 0.939 bits per heavy atom. The van der Waals surface area contributed by atoms with Gasteiger partial charge in [0.25, 0.3) is 0 Å². The summed E-state index contributed by atoms with van der Waals surface area (Å²) in [4.78, 5) is 0. The molecule has 0 amide bonds. The molecule has 0 N–H and O–H groups in total. The van der Waals surface area contributed by atoms with Gasteiger partial charge >= 0.3 is 7.12 Å². The standard InChI is InChI=1S/C28H38BNO2Si/c1-9-13-25(33(7,8)23-14-11-10-12-15-23)26(29-31-27(2,3)28(4,5)32-29)22-16-17-24-21(20-22)18-19-30(24)6/h10-12,14-20H,9,13H2,1-8H3/b26-25+. The van der Waals surface area contributed by atoms with Crippen LogP contribution in [0.5, 0.6) is 0 Å². The summed E-state index contributed by atoms with van der Waals surface area (Å²) in [5.41, 5.74) is 2.93. The van der Waals surface area contributed by atoms with E-state index in [2.05, 4.69) is 120 Å². The molecule has 2 heterocycles. The van der Waals surface area contributed by atoms with Crippen molar-refractivity contribution in [3.63, 3.8) is 0 Å². The Kier molecular flexibility index (Phi) is 6.28. The molecular formula is C28H38BNO2Si. The highest BCUT2D eigenvalue weighted by molar-refractivity contribution is 6.98. The Bertz CT molecular complexity index is 1160. The second-order valence-corrected chi connectivity index (χ2v) is 15.4. The monoisotopic (exact) mass is 459 g/mol. The van der Waals surface area contributed by atoms with Crippen LogP contribution in [0.2, 0.25) is 13.1 Å². The lowest BCUT2D eigenvalue weighted by atomic mass is 9.73. The lowest BCUT2D eigenvalue weighted by Crippen LogP contribution is -2.45. The highest BCUT2D eigenvalue weighted by atomic mass is 28.3. The Morgan fingerprint density at radius 3 is 2.18 bits per heavy atom. The van der Waals surface area contributed by atoms with Crippen LogP contribution in [0.4, 0.5) is 0 Å². The van der Waals surface area contributed by atoms with Crippen molar-refractivity contribution in [1.29, 1.82) is 0 Å². The minimum Gasteiger partial charge on any atom is -0.399 e. The van der Waals surface area contributed by atoms with Crippen LogP contribution >= 0.6 is 0 Å². The quantitative estimate of drug-likeness (QED) is 0.392. The molecule has 174 valence electrons. The maximum Gasteiger partial charge on any atom is 0.495 e. The molecule has 1 aliphatic heterocycles. The van der Waals surface area contributed by atoms with Crippen LogP contribution in [0.25, 0.3) is 16.4 Å². The topological polar surface area (TPSA) is 23.4 Å². The number of fused-ring (bicyclic) bond motifs is 1. The van der Waals surface area contributed by atoms with E-state index in [-0.39, 0.29) is 18.3 Å². The SMILES string of the molecule is CCC/C(=C(\B1OC(C)(C)C(C)(C)O1)c1ccc2c(ccn2C)c1)[Si](C)(C)c1ccccc1. The summed E-state index contributed by atoms with van der Waals surface area (Å²) in [5, 5.41) is 4.22. The molecule has 33 heavy (non-hydrogen) atoms. The Hall–Kier alpha value is -2.08. The summed E-state index contributed by atoms with van der Waals surface area (Å²) in [6.45, 7) is 15.8. The summed E-state index contributed by atoms with van der Waals surface area (Å²) in [6, 6.07) is 20.0. The lowest BCUT2D eigenvalue weighted by molar-refractivity contribution is 0.00578. The molecule has 1 aromatic heterocycles. The van der Waals surface area contributed by atoms with Gasteiger partial charge in [0.2, 0.25) is 0 Å². The van der Waals surface area contributed by atoms with Crippen molar-refractivity contribution in [3.05, 3.63) is 71.6 Å². The van der Waals surface area contributed by atoms with E-state index in [1.165, 1.54) is 32.3 Å². The summed E-state index contributed by atoms with van der Waals surface area (Å²) in [6.07, 6.45) is 4.26. The van der Waals surface area contributed by atoms with Crippen LogP contribution in [-0.2, 0) is 16.4 Å². The minimum absolute atomic E-state index is 0.379. The molecule has 0 spiro atoms.